The number of amides is 2. The molecule has 0 aliphatic heterocycles. The number of anilines is 1. The molecule has 7 heteroatoms. The fraction of sp³-hybridized carbons (Fsp3) is 0.125. The van der Waals surface area contributed by atoms with Crippen molar-refractivity contribution in [3.8, 4) is 0 Å². The van der Waals surface area contributed by atoms with Crippen molar-refractivity contribution in [2.24, 2.45) is 5.10 Å². The Bertz CT molecular complexity index is 732. The number of halogens is 1. The van der Waals surface area contributed by atoms with Crippen molar-refractivity contribution in [1.82, 2.24) is 10.4 Å². The van der Waals surface area contributed by atoms with Crippen molar-refractivity contribution in [1.29, 1.82) is 0 Å². The highest BCUT2D eigenvalue weighted by molar-refractivity contribution is 9.10. The molecule has 23 heavy (non-hydrogen) atoms. The van der Waals surface area contributed by atoms with Crippen LogP contribution < -0.4 is 10.7 Å². The molecule has 0 bridgehead atoms. The second-order valence-electron chi connectivity index (χ2n) is 4.76. The fourth-order valence-corrected chi connectivity index (χ4v) is 2.16. The standard InChI is InChI=1S/C16H15BrN4O2/c1-11(20-21-16(23)12-5-7-18-8-6-12)9-15(22)19-14-4-2-3-13(17)10-14/h2-8,10H,9H2,1H3,(H,19,22)(H,21,23). The minimum absolute atomic E-state index is 0.0864. The number of pyridine rings is 1. The van der Waals surface area contributed by atoms with Crippen LogP contribution in [0.4, 0.5) is 5.69 Å². The maximum Gasteiger partial charge on any atom is 0.271 e. The first-order valence-electron chi connectivity index (χ1n) is 6.83. The van der Waals surface area contributed by atoms with Crippen LogP contribution in [-0.4, -0.2) is 22.5 Å². The summed E-state index contributed by atoms with van der Waals surface area (Å²) in [6, 6.07) is 10.5. The lowest BCUT2D eigenvalue weighted by Crippen LogP contribution is -2.21. The zero-order valence-electron chi connectivity index (χ0n) is 12.4. The average molecular weight is 375 g/mol. The first-order valence-corrected chi connectivity index (χ1v) is 7.63. The normalized spacial score (nSPS) is 11.0. The van der Waals surface area contributed by atoms with Gasteiger partial charge >= 0.3 is 0 Å². The number of benzene rings is 1. The minimum Gasteiger partial charge on any atom is -0.326 e. The molecule has 2 rings (SSSR count). The monoisotopic (exact) mass is 374 g/mol. The number of carbonyl (C=O) groups excluding carboxylic acids is 2. The number of hydrogen-bond donors (Lipinski definition) is 2. The molecule has 0 radical (unpaired) electrons. The van der Waals surface area contributed by atoms with Gasteiger partial charge in [0, 0.05) is 33.8 Å². The zero-order valence-corrected chi connectivity index (χ0v) is 14.0. The predicted molar refractivity (Wildman–Crippen MR) is 92.2 cm³/mol. The summed E-state index contributed by atoms with van der Waals surface area (Å²) in [6.45, 7) is 1.67. The molecule has 0 aliphatic carbocycles. The fourth-order valence-electron chi connectivity index (χ4n) is 1.76. The lowest BCUT2D eigenvalue weighted by molar-refractivity contribution is -0.115. The molecule has 6 nitrogen and oxygen atoms in total. The topological polar surface area (TPSA) is 83.5 Å². The Kier molecular flexibility index (Phi) is 5.99. The maximum absolute atomic E-state index is 11.9. The summed E-state index contributed by atoms with van der Waals surface area (Å²) in [5.74, 6) is -0.554. The third-order valence-electron chi connectivity index (χ3n) is 2.82. The third kappa shape index (κ3) is 5.63. The molecule has 1 heterocycles. The van der Waals surface area contributed by atoms with Crippen molar-refractivity contribution >= 4 is 39.1 Å². The van der Waals surface area contributed by atoms with E-state index in [1.54, 1.807) is 31.2 Å². The van der Waals surface area contributed by atoms with Gasteiger partial charge in [-0.1, -0.05) is 22.0 Å². The van der Waals surface area contributed by atoms with Gasteiger partial charge in [-0.25, -0.2) is 5.43 Å². The summed E-state index contributed by atoms with van der Waals surface area (Å²) in [7, 11) is 0. The van der Waals surface area contributed by atoms with Gasteiger partial charge in [0.1, 0.15) is 0 Å². The van der Waals surface area contributed by atoms with E-state index in [0.29, 0.717) is 17.0 Å². The summed E-state index contributed by atoms with van der Waals surface area (Å²) >= 11 is 3.34. The van der Waals surface area contributed by atoms with Gasteiger partial charge in [-0.2, -0.15) is 5.10 Å². The molecule has 0 unspecified atom stereocenters. The summed E-state index contributed by atoms with van der Waals surface area (Å²) in [4.78, 5) is 27.6. The number of hydrogen-bond acceptors (Lipinski definition) is 4. The quantitative estimate of drug-likeness (QED) is 0.623. The second kappa shape index (κ2) is 8.19. The smallest absolute Gasteiger partial charge is 0.271 e. The van der Waals surface area contributed by atoms with Gasteiger partial charge in [-0.15, -0.1) is 0 Å². The maximum atomic E-state index is 11.9. The summed E-state index contributed by atoms with van der Waals surface area (Å²) in [5.41, 5.74) is 4.06. The van der Waals surface area contributed by atoms with Gasteiger partial charge in [0.25, 0.3) is 5.91 Å². The molecule has 2 aromatic rings. The molecule has 1 aromatic heterocycles. The Morgan fingerprint density at radius 1 is 1.22 bits per heavy atom. The molecule has 1 aromatic carbocycles. The molecular formula is C16H15BrN4O2. The van der Waals surface area contributed by atoms with Gasteiger partial charge < -0.3 is 5.32 Å². The average Bonchev–Trinajstić information content (AvgIpc) is 2.53. The molecule has 0 atom stereocenters. The minimum atomic E-state index is -0.348. The second-order valence-corrected chi connectivity index (χ2v) is 5.67. The zero-order chi connectivity index (χ0) is 16.7. The largest absolute Gasteiger partial charge is 0.326 e. The highest BCUT2D eigenvalue weighted by atomic mass is 79.9. The SMILES string of the molecule is CC(CC(=O)Nc1cccc(Br)c1)=NNC(=O)c1ccncc1. The van der Waals surface area contributed by atoms with Gasteiger partial charge in [-0.05, 0) is 37.3 Å². The number of aromatic nitrogens is 1. The number of carbonyl (C=O) groups is 2. The van der Waals surface area contributed by atoms with Crippen molar-refractivity contribution in [2.45, 2.75) is 13.3 Å². The van der Waals surface area contributed by atoms with E-state index >= 15 is 0 Å². The van der Waals surface area contributed by atoms with Crippen LogP contribution in [0, 0.1) is 0 Å². The van der Waals surface area contributed by atoms with Gasteiger partial charge in [0.15, 0.2) is 0 Å². The van der Waals surface area contributed by atoms with Crippen molar-refractivity contribution in [3.05, 3.63) is 58.8 Å². The lowest BCUT2D eigenvalue weighted by atomic mass is 10.2. The number of nitrogens with one attached hydrogen (secondary N) is 2. The van der Waals surface area contributed by atoms with E-state index in [4.69, 9.17) is 0 Å². The van der Waals surface area contributed by atoms with Crippen LogP contribution in [0.5, 0.6) is 0 Å². The molecule has 0 spiro atoms. The molecule has 2 N–H and O–H groups in total. The van der Waals surface area contributed by atoms with Crippen LogP contribution in [0.2, 0.25) is 0 Å². The Hall–Kier alpha value is -2.54. The number of hydrazone groups is 1. The first kappa shape index (κ1) is 16.8. The summed E-state index contributed by atoms with van der Waals surface area (Å²) < 4.78 is 0.880. The van der Waals surface area contributed by atoms with E-state index < -0.39 is 0 Å². The van der Waals surface area contributed by atoms with Crippen LogP contribution in [0.1, 0.15) is 23.7 Å². The highest BCUT2D eigenvalue weighted by Crippen LogP contribution is 2.15. The van der Waals surface area contributed by atoms with E-state index in [1.165, 1.54) is 12.4 Å². The lowest BCUT2D eigenvalue weighted by Gasteiger charge is -2.06. The molecule has 0 saturated heterocycles. The summed E-state index contributed by atoms with van der Waals surface area (Å²) in [6.07, 6.45) is 3.14. The van der Waals surface area contributed by atoms with Gasteiger partial charge in [0.2, 0.25) is 5.91 Å². The molecule has 0 saturated carbocycles. The Morgan fingerprint density at radius 3 is 2.65 bits per heavy atom. The van der Waals surface area contributed by atoms with Crippen molar-refractivity contribution in [3.63, 3.8) is 0 Å². The first-order chi connectivity index (χ1) is 11.0. The van der Waals surface area contributed by atoms with Crippen LogP contribution in [-0.2, 0) is 4.79 Å². The van der Waals surface area contributed by atoms with E-state index in [2.05, 4.69) is 36.8 Å². The Morgan fingerprint density at radius 2 is 1.96 bits per heavy atom. The van der Waals surface area contributed by atoms with E-state index in [1.807, 2.05) is 12.1 Å². The van der Waals surface area contributed by atoms with Gasteiger partial charge in [0.05, 0.1) is 6.42 Å². The molecule has 0 aliphatic rings. The Balaban J connectivity index is 1.87. The van der Waals surface area contributed by atoms with Crippen LogP contribution in [0.15, 0.2) is 58.4 Å². The number of nitrogens with zero attached hydrogens (tertiary/aromatic N) is 2. The van der Waals surface area contributed by atoms with Crippen LogP contribution in [0.25, 0.3) is 0 Å². The van der Waals surface area contributed by atoms with Crippen molar-refractivity contribution < 1.29 is 9.59 Å². The molecule has 2 amide bonds. The highest BCUT2D eigenvalue weighted by Gasteiger charge is 2.07. The van der Waals surface area contributed by atoms with Crippen molar-refractivity contribution in [2.75, 3.05) is 5.32 Å². The number of rotatable bonds is 5. The van der Waals surface area contributed by atoms with Crippen LogP contribution >= 0.6 is 15.9 Å². The summed E-state index contributed by atoms with van der Waals surface area (Å²) in [5, 5.41) is 6.69. The van der Waals surface area contributed by atoms with E-state index in [9.17, 15) is 9.59 Å². The Labute approximate surface area is 142 Å². The van der Waals surface area contributed by atoms with E-state index in [0.717, 1.165) is 4.47 Å². The van der Waals surface area contributed by atoms with Crippen LogP contribution in [0.3, 0.4) is 0 Å². The van der Waals surface area contributed by atoms with Gasteiger partial charge in [-0.3, -0.25) is 14.6 Å². The molecule has 0 fully saturated rings. The van der Waals surface area contributed by atoms with E-state index in [-0.39, 0.29) is 18.2 Å². The predicted octanol–water partition coefficient (Wildman–Crippen LogP) is 2.98. The third-order valence-corrected chi connectivity index (χ3v) is 3.31. The molecule has 118 valence electrons. The molecular weight excluding hydrogens is 360 g/mol.